The third-order valence-electron chi connectivity index (χ3n) is 7.15. The fourth-order valence-corrected chi connectivity index (χ4v) is 5.36. The van der Waals surface area contributed by atoms with Crippen molar-refractivity contribution in [3.8, 4) is 11.1 Å². The van der Waals surface area contributed by atoms with Gasteiger partial charge in [0.1, 0.15) is 6.61 Å². The van der Waals surface area contributed by atoms with Crippen molar-refractivity contribution in [2.45, 2.75) is 57.4 Å². The van der Waals surface area contributed by atoms with Crippen molar-refractivity contribution in [2.75, 3.05) is 13.2 Å². The summed E-state index contributed by atoms with van der Waals surface area (Å²) in [5.41, 5.74) is 4.66. The molecule has 2 aromatic rings. The van der Waals surface area contributed by atoms with Gasteiger partial charge in [-0.1, -0.05) is 74.7 Å². The number of hydrogen-bond donors (Lipinski definition) is 3. The lowest BCUT2D eigenvalue weighted by Crippen LogP contribution is -2.47. The average molecular weight is 479 g/mol. The highest BCUT2D eigenvalue weighted by molar-refractivity contribution is 5.81. The van der Waals surface area contributed by atoms with Crippen LogP contribution >= 0.6 is 0 Å². The van der Waals surface area contributed by atoms with Crippen LogP contribution in [0.15, 0.2) is 48.5 Å². The number of hydrogen-bond acceptors (Lipinski definition) is 4. The smallest absolute Gasteiger partial charge is 0.407 e. The van der Waals surface area contributed by atoms with Crippen molar-refractivity contribution in [1.82, 2.24) is 10.6 Å². The van der Waals surface area contributed by atoms with E-state index in [2.05, 4.69) is 34.9 Å². The van der Waals surface area contributed by atoms with E-state index in [4.69, 9.17) is 9.84 Å². The zero-order valence-electron chi connectivity index (χ0n) is 20.2. The molecule has 0 saturated heterocycles. The molecule has 0 spiro atoms. The zero-order chi connectivity index (χ0) is 24.8. The van der Waals surface area contributed by atoms with E-state index in [-0.39, 0.29) is 42.7 Å². The fraction of sp³-hybridized carbons (Fsp3) is 0.464. The van der Waals surface area contributed by atoms with Crippen LogP contribution in [0.2, 0.25) is 0 Å². The Labute approximate surface area is 206 Å². The van der Waals surface area contributed by atoms with Crippen LogP contribution in [-0.4, -0.2) is 42.3 Å². The van der Waals surface area contributed by atoms with Crippen LogP contribution in [0.4, 0.5) is 4.79 Å². The predicted molar refractivity (Wildman–Crippen MR) is 133 cm³/mol. The molecule has 4 rings (SSSR count). The monoisotopic (exact) mass is 478 g/mol. The van der Waals surface area contributed by atoms with Gasteiger partial charge in [0.05, 0.1) is 5.92 Å². The first-order valence-electron chi connectivity index (χ1n) is 12.5. The number of amides is 2. The van der Waals surface area contributed by atoms with Gasteiger partial charge in [-0.05, 0) is 41.0 Å². The van der Waals surface area contributed by atoms with Crippen molar-refractivity contribution in [2.24, 2.45) is 11.8 Å². The molecule has 2 aromatic carbocycles. The lowest BCUT2D eigenvalue weighted by molar-refractivity contribution is -0.138. The van der Waals surface area contributed by atoms with E-state index >= 15 is 0 Å². The molecule has 2 amide bonds. The van der Waals surface area contributed by atoms with Crippen molar-refractivity contribution < 1.29 is 24.2 Å². The fourth-order valence-electron chi connectivity index (χ4n) is 5.36. The highest BCUT2D eigenvalue weighted by Gasteiger charge is 2.33. The molecule has 3 N–H and O–H groups in total. The van der Waals surface area contributed by atoms with E-state index in [1.807, 2.05) is 24.3 Å². The maximum Gasteiger partial charge on any atom is 0.407 e. The molecule has 3 unspecified atom stereocenters. The first kappa shape index (κ1) is 24.8. The Morgan fingerprint density at radius 1 is 0.971 bits per heavy atom. The van der Waals surface area contributed by atoms with E-state index in [1.54, 1.807) is 6.92 Å². The third-order valence-corrected chi connectivity index (χ3v) is 7.15. The number of benzene rings is 2. The van der Waals surface area contributed by atoms with Crippen LogP contribution < -0.4 is 10.6 Å². The number of nitrogens with one attached hydrogen (secondary N) is 2. The average Bonchev–Trinajstić information content (AvgIpc) is 2.97. The van der Waals surface area contributed by atoms with Crippen molar-refractivity contribution in [3.05, 3.63) is 59.7 Å². The van der Waals surface area contributed by atoms with Crippen LogP contribution in [0.5, 0.6) is 0 Å². The largest absolute Gasteiger partial charge is 0.481 e. The maximum atomic E-state index is 12.9. The molecule has 2 aliphatic rings. The Morgan fingerprint density at radius 3 is 2.26 bits per heavy atom. The molecule has 7 nitrogen and oxygen atoms in total. The van der Waals surface area contributed by atoms with Gasteiger partial charge in [-0.15, -0.1) is 0 Å². The second-order valence-corrected chi connectivity index (χ2v) is 9.77. The van der Waals surface area contributed by atoms with E-state index in [9.17, 15) is 14.4 Å². The Morgan fingerprint density at radius 2 is 1.60 bits per heavy atom. The molecule has 0 radical (unpaired) electrons. The number of carbonyl (C=O) groups is 3. The van der Waals surface area contributed by atoms with Gasteiger partial charge in [0.15, 0.2) is 0 Å². The van der Waals surface area contributed by atoms with Crippen LogP contribution in [0.3, 0.4) is 0 Å². The van der Waals surface area contributed by atoms with E-state index < -0.39 is 12.1 Å². The molecule has 186 valence electrons. The number of aliphatic carboxylic acids is 1. The van der Waals surface area contributed by atoms with Crippen LogP contribution in [0.25, 0.3) is 11.1 Å². The molecular weight excluding hydrogens is 444 g/mol. The van der Waals surface area contributed by atoms with Crippen LogP contribution in [0, 0.1) is 11.8 Å². The molecule has 0 heterocycles. The highest BCUT2D eigenvalue weighted by atomic mass is 16.5. The maximum absolute atomic E-state index is 12.9. The molecule has 0 aliphatic heterocycles. The number of rotatable bonds is 8. The van der Waals surface area contributed by atoms with Crippen LogP contribution in [0.1, 0.15) is 62.5 Å². The number of ether oxygens (including phenoxy) is 1. The number of fused-ring (bicyclic) bond motifs is 3. The van der Waals surface area contributed by atoms with Gasteiger partial charge in [-0.3, -0.25) is 9.59 Å². The normalized spacial score (nSPS) is 20.1. The summed E-state index contributed by atoms with van der Waals surface area (Å²) in [4.78, 5) is 36.6. The van der Waals surface area contributed by atoms with Gasteiger partial charge < -0.3 is 20.5 Å². The van der Waals surface area contributed by atoms with Gasteiger partial charge in [0.2, 0.25) is 5.91 Å². The summed E-state index contributed by atoms with van der Waals surface area (Å²) in [5, 5.41) is 14.8. The Kier molecular flexibility index (Phi) is 8.06. The highest BCUT2D eigenvalue weighted by Crippen LogP contribution is 2.44. The molecule has 0 aromatic heterocycles. The minimum atomic E-state index is -0.879. The molecule has 35 heavy (non-hydrogen) atoms. The van der Waals surface area contributed by atoms with Gasteiger partial charge in [-0.2, -0.15) is 0 Å². The van der Waals surface area contributed by atoms with Crippen molar-refractivity contribution >= 4 is 18.0 Å². The Balaban J connectivity index is 1.36. The number of carboxylic acid groups (broad SMARTS) is 1. The van der Waals surface area contributed by atoms with Gasteiger partial charge in [-0.25, -0.2) is 4.79 Å². The summed E-state index contributed by atoms with van der Waals surface area (Å²) < 4.78 is 5.71. The minimum absolute atomic E-state index is 0.00632. The second kappa shape index (κ2) is 11.4. The summed E-state index contributed by atoms with van der Waals surface area (Å²) in [6.07, 6.45) is 3.78. The first-order valence-corrected chi connectivity index (χ1v) is 12.5. The second-order valence-electron chi connectivity index (χ2n) is 9.77. The quantitative estimate of drug-likeness (QED) is 0.477. The van der Waals surface area contributed by atoms with Gasteiger partial charge in [0, 0.05) is 24.9 Å². The molecule has 0 bridgehead atoms. The topological polar surface area (TPSA) is 105 Å². The predicted octanol–water partition coefficient (Wildman–Crippen LogP) is 4.70. The van der Waals surface area contributed by atoms with E-state index in [1.165, 1.54) is 11.1 Å². The SMILES string of the molecule is CC(CNC(=O)C1CCCCCC1NC(=O)OCC1c2ccccc2-c2ccccc21)CC(=O)O. The third kappa shape index (κ3) is 6.02. The van der Waals surface area contributed by atoms with Gasteiger partial charge in [0.25, 0.3) is 0 Å². The number of carboxylic acids is 1. The zero-order valence-corrected chi connectivity index (χ0v) is 20.2. The molecular formula is C28H34N2O5. The summed E-state index contributed by atoms with van der Waals surface area (Å²) in [7, 11) is 0. The standard InChI is InChI=1S/C28H34N2O5/c1-18(15-26(31)32)16-29-27(33)23-13-3-2-4-14-25(23)30-28(34)35-17-24-21-11-7-5-9-19(21)20-10-6-8-12-22(20)24/h5-12,18,23-25H,2-4,13-17H2,1H3,(H,29,33)(H,30,34)(H,31,32). The summed E-state index contributed by atoms with van der Waals surface area (Å²) in [6, 6.07) is 16.1. The summed E-state index contributed by atoms with van der Waals surface area (Å²) in [5.74, 6) is -1.54. The van der Waals surface area contributed by atoms with Crippen LogP contribution in [-0.2, 0) is 14.3 Å². The molecule has 1 saturated carbocycles. The summed E-state index contributed by atoms with van der Waals surface area (Å²) in [6.45, 7) is 2.34. The minimum Gasteiger partial charge on any atom is -0.481 e. The van der Waals surface area contributed by atoms with Crippen molar-refractivity contribution in [3.63, 3.8) is 0 Å². The number of carbonyl (C=O) groups excluding carboxylic acids is 2. The Hall–Kier alpha value is -3.35. The lowest BCUT2D eigenvalue weighted by atomic mass is 9.93. The van der Waals surface area contributed by atoms with E-state index in [0.29, 0.717) is 19.4 Å². The molecule has 2 aliphatic carbocycles. The Bertz CT molecular complexity index is 1020. The molecule has 1 fully saturated rings. The summed E-state index contributed by atoms with van der Waals surface area (Å²) >= 11 is 0. The van der Waals surface area contributed by atoms with Gasteiger partial charge >= 0.3 is 12.1 Å². The van der Waals surface area contributed by atoms with E-state index in [0.717, 1.165) is 30.4 Å². The first-order chi connectivity index (χ1) is 16.9. The molecule has 3 atom stereocenters. The number of alkyl carbamates (subject to hydrolysis) is 1. The lowest BCUT2D eigenvalue weighted by Gasteiger charge is -2.26. The molecule has 7 heteroatoms. The van der Waals surface area contributed by atoms with Crippen molar-refractivity contribution in [1.29, 1.82) is 0 Å².